The molecule has 138 valence electrons. The second-order valence-electron chi connectivity index (χ2n) is 7.51. The number of urea groups is 1. The number of piperidine rings is 1. The number of aromatic nitrogens is 2. The van der Waals surface area contributed by atoms with Gasteiger partial charge in [0.05, 0.1) is 12.1 Å². The Bertz CT molecular complexity index is 599. The van der Waals surface area contributed by atoms with Crippen LogP contribution in [0.5, 0.6) is 0 Å². The largest absolute Gasteiger partial charge is 0.481 e. The zero-order chi connectivity index (χ0) is 17.8. The number of hydrogen-bond acceptors (Lipinski definition) is 3. The topological polar surface area (TPSA) is 87.5 Å². The first-order valence-electron chi connectivity index (χ1n) is 9.28. The van der Waals surface area contributed by atoms with E-state index in [1.54, 1.807) is 0 Å². The zero-order valence-corrected chi connectivity index (χ0v) is 14.9. The van der Waals surface area contributed by atoms with E-state index in [4.69, 9.17) is 5.11 Å². The number of nitrogens with one attached hydrogen (secondary N) is 1. The number of carbonyl (C=O) groups is 2. The fraction of sp³-hybridized carbons (Fsp3) is 0.722. The van der Waals surface area contributed by atoms with Crippen LogP contribution in [-0.4, -0.2) is 50.9 Å². The van der Waals surface area contributed by atoms with E-state index in [0.29, 0.717) is 18.8 Å². The van der Waals surface area contributed by atoms with E-state index in [0.717, 1.165) is 45.3 Å². The maximum absolute atomic E-state index is 12.4. The van der Waals surface area contributed by atoms with Crippen molar-refractivity contribution in [3.8, 4) is 0 Å². The second-order valence-corrected chi connectivity index (χ2v) is 7.51. The number of amides is 2. The van der Waals surface area contributed by atoms with E-state index in [-0.39, 0.29) is 18.0 Å². The van der Waals surface area contributed by atoms with Crippen molar-refractivity contribution in [2.24, 2.45) is 11.8 Å². The van der Waals surface area contributed by atoms with E-state index in [2.05, 4.69) is 16.6 Å². The van der Waals surface area contributed by atoms with E-state index in [1.807, 2.05) is 22.7 Å². The first kappa shape index (κ1) is 17.8. The minimum atomic E-state index is -0.709. The molecule has 0 bridgehead atoms. The van der Waals surface area contributed by atoms with Crippen molar-refractivity contribution in [2.45, 2.75) is 58.0 Å². The lowest BCUT2D eigenvalue weighted by Gasteiger charge is -2.34. The Hall–Kier alpha value is -2.05. The summed E-state index contributed by atoms with van der Waals surface area (Å²) in [6, 6.07) is 0.125. The molecule has 0 unspecified atom stereocenters. The minimum absolute atomic E-state index is 0.00663. The van der Waals surface area contributed by atoms with Crippen molar-refractivity contribution < 1.29 is 14.7 Å². The van der Waals surface area contributed by atoms with Gasteiger partial charge in [0.15, 0.2) is 0 Å². The molecule has 1 aliphatic carbocycles. The van der Waals surface area contributed by atoms with Gasteiger partial charge in [-0.1, -0.05) is 0 Å². The molecular weight excluding hydrogens is 320 g/mol. The number of rotatable bonds is 4. The number of carbonyl (C=O) groups excluding carboxylic acids is 1. The number of carboxylic acid groups (broad SMARTS) is 1. The molecule has 0 radical (unpaired) electrons. The van der Waals surface area contributed by atoms with Gasteiger partial charge in [-0.05, 0) is 56.9 Å². The smallest absolute Gasteiger partial charge is 0.317 e. The molecule has 3 rings (SSSR count). The van der Waals surface area contributed by atoms with E-state index in [9.17, 15) is 9.59 Å². The number of aliphatic carboxylic acids is 1. The van der Waals surface area contributed by atoms with Crippen LogP contribution in [0.15, 0.2) is 12.4 Å². The predicted octanol–water partition coefficient (Wildman–Crippen LogP) is 2.26. The van der Waals surface area contributed by atoms with Crippen LogP contribution in [0.4, 0.5) is 4.79 Å². The molecule has 2 N–H and O–H groups in total. The minimum Gasteiger partial charge on any atom is -0.481 e. The summed E-state index contributed by atoms with van der Waals surface area (Å²) < 4.78 is 2.00. The zero-order valence-electron chi connectivity index (χ0n) is 14.9. The Morgan fingerprint density at radius 3 is 2.44 bits per heavy atom. The third-order valence-electron chi connectivity index (χ3n) is 5.51. The van der Waals surface area contributed by atoms with Crippen LogP contribution in [0.2, 0.25) is 0 Å². The van der Waals surface area contributed by atoms with Crippen molar-refractivity contribution in [3.05, 3.63) is 18.0 Å². The molecule has 1 saturated heterocycles. The van der Waals surface area contributed by atoms with Gasteiger partial charge in [-0.15, -0.1) is 0 Å². The maximum Gasteiger partial charge on any atom is 0.317 e. The molecule has 2 heterocycles. The normalized spacial score (nSPS) is 24.9. The van der Waals surface area contributed by atoms with Crippen molar-refractivity contribution in [2.75, 3.05) is 13.1 Å². The fourth-order valence-electron chi connectivity index (χ4n) is 3.90. The van der Waals surface area contributed by atoms with Gasteiger partial charge in [-0.3, -0.25) is 9.48 Å². The third kappa shape index (κ3) is 4.74. The van der Waals surface area contributed by atoms with Crippen LogP contribution < -0.4 is 5.32 Å². The molecule has 2 aliphatic rings. The Balaban J connectivity index is 1.39. The first-order valence-corrected chi connectivity index (χ1v) is 9.28. The Morgan fingerprint density at radius 2 is 1.88 bits per heavy atom. The highest BCUT2D eigenvalue weighted by atomic mass is 16.4. The summed E-state index contributed by atoms with van der Waals surface area (Å²) in [5.41, 5.74) is 1.18. The van der Waals surface area contributed by atoms with Gasteiger partial charge in [0.2, 0.25) is 0 Å². The number of likely N-dealkylation sites (tertiary alicyclic amines) is 1. The molecule has 1 saturated carbocycles. The summed E-state index contributed by atoms with van der Waals surface area (Å²) >= 11 is 0. The monoisotopic (exact) mass is 348 g/mol. The highest BCUT2D eigenvalue weighted by Gasteiger charge is 2.29. The number of nitrogens with zero attached hydrogens (tertiary/aromatic N) is 3. The number of carboxylic acids is 1. The van der Waals surface area contributed by atoms with Gasteiger partial charge >= 0.3 is 12.0 Å². The van der Waals surface area contributed by atoms with E-state index < -0.39 is 5.97 Å². The Kier molecular flexibility index (Phi) is 5.60. The molecule has 1 aromatic rings. The Labute approximate surface area is 148 Å². The highest BCUT2D eigenvalue weighted by molar-refractivity contribution is 5.74. The van der Waals surface area contributed by atoms with Crippen LogP contribution >= 0.6 is 0 Å². The van der Waals surface area contributed by atoms with E-state index in [1.165, 1.54) is 5.56 Å². The predicted molar refractivity (Wildman–Crippen MR) is 93.2 cm³/mol. The highest BCUT2D eigenvalue weighted by Crippen LogP contribution is 2.25. The molecule has 0 spiro atoms. The lowest BCUT2D eigenvalue weighted by molar-refractivity contribution is -0.142. The number of hydrogen-bond donors (Lipinski definition) is 2. The summed E-state index contributed by atoms with van der Waals surface area (Å²) in [6.45, 7) is 4.52. The van der Waals surface area contributed by atoms with Gasteiger partial charge in [0.25, 0.3) is 0 Å². The summed E-state index contributed by atoms with van der Waals surface area (Å²) in [5, 5.41) is 16.5. The lowest BCUT2D eigenvalue weighted by atomic mass is 9.86. The number of aryl methyl sites for hydroxylation is 1. The molecule has 0 atom stereocenters. The van der Waals surface area contributed by atoms with Gasteiger partial charge < -0.3 is 15.3 Å². The van der Waals surface area contributed by atoms with Gasteiger partial charge in [0.1, 0.15) is 0 Å². The fourth-order valence-corrected chi connectivity index (χ4v) is 3.90. The van der Waals surface area contributed by atoms with Crippen molar-refractivity contribution in [3.63, 3.8) is 0 Å². The average Bonchev–Trinajstić information content (AvgIpc) is 3.01. The average molecular weight is 348 g/mol. The Morgan fingerprint density at radius 1 is 1.20 bits per heavy atom. The van der Waals surface area contributed by atoms with Gasteiger partial charge in [-0.25, -0.2) is 4.79 Å². The summed E-state index contributed by atoms with van der Waals surface area (Å²) in [7, 11) is 0. The van der Waals surface area contributed by atoms with Crippen molar-refractivity contribution in [1.29, 1.82) is 0 Å². The maximum atomic E-state index is 12.4. The molecule has 1 aromatic heterocycles. The lowest BCUT2D eigenvalue weighted by Crippen LogP contribution is -2.49. The van der Waals surface area contributed by atoms with Gasteiger partial charge in [-0.2, -0.15) is 5.10 Å². The van der Waals surface area contributed by atoms with Gasteiger partial charge in [0, 0.05) is 31.9 Å². The molecule has 25 heavy (non-hydrogen) atoms. The quantitative estimate of drug-likeness (QED) is 0.874. The molecule has 7 nitrogen and oxygen atoms in total. The van der Waals surface area contributed by atoms with Crippen molar-refractivity contribution in [1.82, 2.24) is 20.0 Å². The van der Waals surface area contributed by atoms with Crippen molar-refractivity contribution >= 4 is 12.0 Å². The van der Waals surface area contributed by atoms with Crippen LogP contribution in [0.1, 0.15) is 44.1 Å². The van der Waals surface area contributed by atoms with E-state index >= 15 is 0 Å². The molecule has 2 amide bonds. The summed E-state index contributed by atoms with van der Waals surface area (Å²) in [5.74, 6) is -0.386. The second kappa shape index (κ2) is 7.89. The molecular formula is C18H28N4O3. The van der Waals surface area contributed by atoms with Crippen LogP contribution in [0.25, 0.3) is 0 Å². The molecule has 2 fully saturated rings. The standard InChI is InChI=1S/C18H28N4O3/c1-13-10-19-22(11-13)12-14-6-8-21(9-7-14)18(25)20-16-4-2-15(3-5-16)17(23)24/h10-11,14-16H,2-9,12H2,1H3,(H,20,25)(H,23,24). The first-order chi connectivity index (χ1) is 12.0. The van der Waals surface area contributed by atoms with Crippen LogP contribution in [0, 0.1) is 18.8 Å². The summed E-state index contributed by atoms with van der Waals surface area (Å²) in [6.07, 6.45) is 8.78. The van der Waals surface area contributed by atoms with Crippen LogP contribution in [-0.2, 0) is 11.3 Å². The third-order valence-corrected chi connectivity index (χ3v) is 5.51. The molecule has 0 aromatic carbocycles. The molecule has 1 aliphatic heterocycles. The molecule has 7 heteroatoms. The SMILES string of the molecule is Cc1cnn(CC2CCN(C(=O)NC3CCC(C(=O)O)CC3)CC2)c1. The van der Waals surface area contributed by atoms with Crippen LogP contribution in [0.3, 0.4) is 0 Å². The summed E-state index contributed by atoms with van der Waals surface area (Å²) in [4.78, 5) is 25.3.